The van der Waals surface area contributed by atoms with Gasteiger partial charge in [0.1, 0.15) is 11.5 Å². The summed E-state index contributed by atoms with van der Waals surface area (Å²) in [6, 6.07) is 4.00. The fraction of sp³-hybridized carbons (Fsp3) is 0.500. The number of phenolic OH excluding ortho intramolecular Hbond substituents is 2. The summed E-state index contributed by atoms with van der Waals surface area (Å²) < 4.78 is 0. The van der Waals surface area contributed by atoms with Crippen molar-refractivity contribution in [2.24, 2.45) is 0 Å². The van der Waals surface area contributed by atoms with E-state index in [0.29, 0.717) is 19.0 Å². The molecule has 1 aliphatic heterocycles. The number of hydrogen-bond donors (Lipinski definition) is 2. The van der Waals surface area contributed by atoms with E-state index < -0.39 is 0 Å². The zero-order valence-electron chi connectivity index (χ0n) is 11.3. The quantitative estimate of drug-likeness (QED) is 0.655. The molecule has 0 aliphatic carbocycles. The maximum absolute atomic E-state index is 12.4. The van der Waals surface area contributed by atoms with Gasteiger partial charge in [0.2, 0.25) is 0 Å². The summed E-state index contributed by atoms with van der Waals surface area (Å²) >= 11 is 5.74. The molecular formula is C14H19ClN2O3. The molecule has 1 fully saturated rings. The maximum atomic E-state index is 12.4. The van der Waals surface area contributed by atoms with E-state index in [1.54, 1.807) is 4.90 Å². The third-order valence-electron chi connectivity index (χ3n) is 3.49. The van der Waals surface area contributed by atoms with Gasteiger partial charge in [-0.15, -0.1) is 11.6 Å². The van der Waals surface area contributed by atoms with Gasteiger partial charge in [-0.05, 0) is 31.2 Å². The Morgan fingerprint density at radius 1 is 1.20 bits per heavy atom. The second kappa shape index (κ2) is 6.81. The first-order valence-corrected chi connectivity index (χ1v) is 7.25. The number of halogens is 1. The summed E-state index contributed by atoms with van der Waals surface area (Å²) in [5.41, 5.74) is 0.149. The standard InChI is InChI=1S/C14H19ClN2O3/c15-4-7-16-5-1-6-17(9-8-16)14(20)12-10-11(18)2-3-13(12)19/h2-3,10,18-19H,1,4-9H2. The first kappa shape index (κ1) is 14.9. The largest absolute Gasteiger partial charge is 0.508 e. The van der Waals surface area contributed by atoms with Crippen LogP contribution < -0.4 is 0 Å². The van der Waals surface area contributed by atoms with E-state index in [0.717, 1.165) is 26.1 Å². The predicted octanol–water partition coefficient (Wildman–Crippen LogP) is 1.48. The van der Waals surface area contributed by atoms with Crippen LogP contribution in [0.5, 0.6) is 11.5 Å². The lowest BCUT2D eigenvalue weighted by atomic mass is 10.1. The van der Waals surface area contributed by atoms with E-state index in [4.69, 9.17) is 11.6 Å². The Hall–Kier alpha value is -1.46. The molecule has 1 aromatic carbocycles. The molecule has 0 spiro atoms. The third kappa shape index (κ3) is 3.55. The molecule has 1 heterocycles. The van der Waals surface area contributed by atoms with Crippen LogP contribution in [0.25, 0.3) is 0 Å². The molecule has 2 N–H and O–H groups in total. The van der Waals surface area contributed by atoms with Gasteiger partial charge >= 0.3 is 0 Å². The van der Waals surface area contributed by atoms with E-state index in [2.05, 4.69) is 4.90 Å². The minimum atomic E-state index is -0.244. The molecule has 5 nitrogen and oxygen atoms in total. The summed E-state index contributed by atoms with van der Waals surface area (Å²) in [5.74, 6) is 0.215. The molecule has 0 atom stereocenters. The van der Waals surface area contributed by atoms with Gasteiger partial charge in [-0.3, -0.25) is 4.79 Å². The highest BCUT2D eigenvalue weighted by Crippen LogP contribution is 2.24. The summed E-state index contributed by atoms with van der Waals surface area (Å²) in [5, 5.41) is 19.2. The van der Waals surface area contributed by atoms with Crippen molar-refractivity contribution in [1.82, 2.24) is 9.80 Å². The van der Waals surface area contributed by atoms with E-state index in [-0.39, 0.29) is 23.0 Å². The van der Waals surface area contributed by atoms with E-state index in [9.17, 15) is 15.0 Å². The lowest BCUT2D eigenvalue weighted by Crippen LogP contribution is -2.35. The molecule has 0 aromatic heterocycles. The maximum Gasteiger partial charge on any atom is 0.257 e. The van der Waals surface area contributed by atoms with Crippen molar-refractivity contribution in [2.75, 3.05) is 38.6 Å². The molecule has 110 valence electrons. The Morgan fingerprint density at radius 2 is 2.00 bits per heavy atom. The average Bonchev–Trinajstić information content (AvgIpc) is 2.67. The Labute approximate surface area is 123 Å². The molecule has 0 bridgehead atoms. The van der Waals surface area contributed by atoms with Crippen LogP contribution in [0.15, 0.2) is 18.2 Å². The molecule has 0 unspecified atom stereocenters. The van der Waals surface area contributed by atoms with Gasteiger partial charge in [0.15, 0.2) is 0 Å². The minimum absolute atomic E-state index is 0.0234. The molecule has 1 aromatic rings. The Balaban J connectivity index is 2.07. The van der Waals surface area contributed by atoms with Gasteiger partial charge in [0, 0.05) is 32.1 Å². The van der Waals surface area contributed by atoms with Gasteiger partial charge in [-0.25, -0.2) is 0 Å². The van der Waals surface area contributed by atoms with Crippen LogP contribution in [0.2, 0.25) is 0 Å². The molecule has 0 saturated carbocycles. The number of carbonyl (C=O) groups excluding carboxylic acids is 1. The number of benzene rings is 1. The second-order valence-electron chi connectivity index (χ2n) is 4.88. The van der Waals surface area contributed by atoms with Gasteiger partial charge < -0.3 is 20.0 Å². The SMILES string of the molecule is O=C(c1cc(O)ccc1O)N1CCCN(CCCl)CC1. The molecule has 1 aliphatic rings. The number of nitrogens with zero attached hydrogens (tertiary/aromatic N) is 2. The van der Waals surface area contributed by atoms with Gasteiger partial charge in [0.05, 0.1) is 5.56 Å². The number of phenols is 2. The van der Waals surface area contributed by atoms with Crippen molar-refractivity contribution in [2.45, 2.75) is 6.42 Å². The predicted molar refractivity (Wildman–Crippen MR) is 77.5 cm³/mol. The van der Waals surface area contributed by atoms with E-state index >= 15 is 0 Å². The monoisotopic (exact) mass is 298 g/mol. The number of aromatic hydroxyl groups is 2. The Bertz CT molecular complexity index is 481. The molecule has 1 amide bonds. The van der Waals surface area contributed by atoms with Crippen LogP contribution in [-0.4, -0.2) is 64.5 Å². The van der Waals surface area contributed by atoms with E-state index in [1.165, 1.54) is 18.2 Å². The van der Waals surface area contributed by atoms with Gasteiger partial charge in [0.25, 0.3) is 5.91 Å². The lowest BCUT2D eigenvalue weighted by molar-refractivity contribution is 0.0758. The van der Waals surface area contributed by atoms with Crippen molar-refractivity contribution in [1.29, 1.82) is 0 Å². The first-order chi connectivity index (χ1) is 9.61. The summed E-state index contributed by atoms with van der Waals surface area (Å²) in [4.78, 5) is 16.3. The molecule has 1 saturated heterocycles. The summed E-state index contributed by atoms with van der Waals surface area (Å²) in [6.07, 6.45) is 0.877. The van der Waals surface area contributed by atoms with Crippen LogP contribution in [0.4, 0.5) is 0 Å². The number of amides is 1. The van der Waals surface area contributed by atoms with Gasteiger partial charge in [-0.2, -0.15) is 0 Å². The first-order valence-electron chi connectivity index (χ1n) is 6.71. The fourth-order valence-corrected chi connectivity index (χ4v) is 2.62. The van der Waals surface area contributed by atoms with Crippen molar-refractivity contribution >= 4 is 17.5 Å². The van der Waals surface area contributed by atoms with Crippen LogP contribution in [0.3, 0.4) is 0 Å². The van der Waals surface area contributed by atoms with Crippen LogP contribution >= 0.6 is 11.6 Å². The molecule has 2 rings (SSSR count). The molecule has 20 heavy (non-hydrogen) atoms. The topological polar surface area (TPSA) is 64.0 Å². The van der Waals surface area contributed by atoms with Crippen molar-refractivity contribution < 1.29 is 15.0 Å². The highest BCUT2D eigenvalue weighted by molar-refractivity contribution is 6.18. The Morgan fingerprint density at radius 3 is 2.75 bits per heavy atom. The molecular weight excluding hydrogens is 280 g/mol. The van der Waals surface area contributed by atoms with Crippen molar-refractivity contribution in [3.63, 3.8) is 0 Å². The number of rotatable bonds is 3. The third-order valence-corrected chi connectivity index (χ3v) is 3.66. The van der Waals surface area contributed by atoms with Crippen molar-refractivity contribution in [3.8, 4) is 11.5 Å². The average molecular weight is 299 g/mol. The summed E-state index contributed by atoms with van der Waals surface area (Å²) in [7, 11) is 0. The van der Waals surface area contributed by atoms with Crippen LogP contribution in [0.1, 0.15) is 16.8 Å². The highest BCUT2D eigenvalue weighted by Gasteiger charge is 2.22. The number of hydrogen-bond acceptors (Lipinski definition) is 4. The highest BCUT2D eigenvalue weighted by atomic mass is 35.5. The molecule has 0 radical (unpaired) electrons. The zero-order valence-corrected chi connectivity index (χ0v) is 12.0. The Kier molecular flexibility index (Phi) is 5.09. The van der Waals surface area contributed by atoms with Gasteiger partial charge in [-0.1, -0.05) is 0 Å². The normalized spacial score (nSPS) is 16.9. The molecule has 6 heteroatoms. The minimum Gasteiger partial charge on any atom is -0.508 e. The number of alkyl halides is 1. The lowest BCUT2D eigenvalue weighted by Gasteiger charge is -2.22. The van der Waals surface area contributed by atoms with E-state index in [1.807, 2.05) is 0 Å². The van der Waals surface area contributed by atoms with Crippen molar-refractivity contribution in [3.05, 3.63) is 23.8 Å². The zero-order chi connectivity index (χ0) is 14.5. The number of carbonyl (C=O) groups is 1. The second-order valence-corrected chi connectivity index (χ2v) is 5.26. The van der Waals surface area contributed by atoms with Crippen LogP contribution in [0, 0.1) is 0 Å². The fourth-order valence-electron chi connectivity index (χ4n) is 2.38. The van der Waals surface area contributed by atoms with Crippen LogP contribution in [-0.2, 0) is 0 Å². The summed E-state index contributed by atoms with van der Waals surface area (Å²) in [6.45, 7) is 3.76. The smallest absolute Gasteiger partial charge is 0.257 e.